The molecule has 4 aromatic rings. The summed E-state index contributed by atoms with van der Waals surface area (Å²) in [5.41, 5.74) is 1.91. The molecule has 7 nitrogen and oxygen atoms in total. The maximum Gasteiger partial charge on any atom is 0.301 e. The van der Waals surface area contributed by atoms with Crippen molar-refractivity contribution in [1.29, 1.82) is 0 Å². The van der Waals surface area contributed by atoms with Gasteiger partial charge in [-0.15, -0.1) is 0 Å². The highest BCUT2D eigenvalue weighted by atomic mass is 35.5. The molecule has 3 heterocycles. The van der Waals surface area contributed by atoms with Crippen molar-refractivity contribution in [3.05, 3.63) is 88.0 Å². The largest absolute Gasteiger partial charge is 0.507 e. The summed E-state index contributed by atoms with van der Waals surface area (Å²) in [6.07, 6.45) is 3.05. The quantitative estimate of drug-likeness (QED) is 0.185. The summed E-state index contributed by atoms with van der Waals surface area (Å²) in [6.45, 7) is 5.65. The lowest BCUT2D eigenvalue weighted by Crippen LogP contribution is -2.29. The van der Waals surface area contributed by atoms with E-state index in [0.29, 0.717) is 27.1 Å². The first-order chi connectivity index (χ1) is 17.7. The van der Waals surface area contributed by atoms with Crippen molar-refractivity contribution in [3.63, 3.8) is 0 Å². The summed E-state index contributed by atoms with van der Waals surface area (Å²) in [5, 5.41) is 11.4. The van der Waals surface area contributed by atoms with Crippen molar-refractivity contribution in [1.82, 2.24) is 9.97 Å². The fourth-order valence-corrected chi connectivity index (χ4v) is 5.39. The van der Waals surface area contributed by atoms with Crippen LogP contribution in [0.4, 0.5) is 9.52 Å². The number of ketones is 1. The van der Waals surface area contributed by atoms with Crippen LogP contribution in [0.5, 0.6) is 5.75 Å². The Morgan fingerprint density at radius 3 is 2.68 bits per heavy atom. The Hall–Kier alpha value is -3.82. The van der Waals surface area contributed by atoms with Crippen LogP contribution >= 0.6 is 22.9 Å². The molecule has 1 amide bonds. The number of hydrogen-bond acceptors (Lipinski definition) is 7. The van der Waals surface area contributed by atoms with Crippen LogP contribution in [0.1, 0.15) is 36.6 Å². The predicted octanol–water partition coefficient (Wildman–Crippen LogP) is 6.21. The Morgan fingerprint density at radius 1 is 1.22 bits per heavy atom. The number of thiazole rings is 1. The van der Waals surface area contributed by atoms with Crippen LogP contribution in [0.25, 0.3) is 16.0 Å². The third-order valence-electron chi connectivity index (χ3n) is 5.88. The van der Waals surface area contributed by atoms with Gasteiger partial charge >= 0.3 is 5.91 Å². The molecule has 1 aliphatic rings. The third kappa shape index (κ3) is 4.45. The van der Waals surface area contributed by atoms with Gasteiger partial charge in [-0.3, -0.25) is 19.5 Å². The number of halogens is 2. The van der Waals surface area contributed by atoms with E-state index in [1.165, 1.54) is 23.2 Å². The molecule has 5 rings (SSSR count). The van der Waals surface area contributed by atoms with E-state index >= 15 is 0 Å². The average molecular weight is 538 g/mol. The van der Waals surface area contributed by atoms with E-state index in [9.17, 15) is 19.1 Å². The maximum atomic E-state index is 14.1. The number of pyridine rings is 1. The molecular formula is C27H21ClFN3O4S. The number of benzene rings is 2. The normalized spacial score (nSPS) is 17.2. The summed E-state index contributed by atoms with van der Waals surface area (Å²) in [4.78, 5) is 36.5. The molecule has 2 aromatic heterocycles. The number of carbonyl (C=O) groups excluding carboxylic acids is 2. The highest BCUT2D eigenvalue weighted by Crippen LogP contribution is 2.44. The fourth-order valence-electron chi connectivity index (χ4n) is 4.24. The van der Waals surface area contributed by atoms with Crippen LogP contribution in [0.15, 0.2) is 60.4 Å². The highest BCUT2D eigenvalue weighted by molar-refractivity contribution is 7.22. The number of amides is 1. The number of rotatable bonds is 5. The second-order valence-electron chi connectivity index (χ2n) is 8.83. The van der Waals surface area contributed by atoms with E-state index in [1.807, 2.05) is 20.8 Å². The maximum absolute atomic E-state index is 14.1. The number of fused-ring (bicyclic) bond motifs is 1. The van der Waals surface area contributed by atoms with Gasteiger partial charge in [0.25, 0.3) is 5.78 Å². The Bertz CT molecular complexity index is 1550. The molecule has 2 aromatic carbocycles. The molecule has 1 saturated heterocycles. The van der Waals surface area contributed by atoms with Crippen molar-refractivity contribution < 1.29 is 23.8 Å². The minimum absolute atomic E-state index is 0.0359. The van der Waals surface area contributed by atoms with E-state index in [1.54, 1.807) is 36.5 Å². The number of carbonyl (C=O) groups is 2. The highest BCUT2D eigenvalue weighted by Gasteiger charge is 2.48. The summed E-state index contributed by atoms with van der Waals surface area (Å²) < 4.78 is 20.3. The Morgan fingerprint density at radius 2 is 2.00 bits per heavy atom. The lowest BCUT2D eigenvalue weighted by molar-refractivity contribution is -0.132. The second-order valence-corrected chi connectivity index (χ2v) is 10.2. The first-order valence-corrected chi connectivity index (χ1v) is 12.6. The molecule has 0 radical (unpaired) electrons. The molecule has 0 spiro atoms. The lowest BCUT2D eigenvalue weighted by atomic mass is 9.96. The van der Waals surface area contributed by atoms with E-state index in [0.717, 1.165) is 16.9 Å². The number of aromatic nitrogens is 2. The van der Waals surface area contributed by atoms with Gasteiger partial charge in [0.2, 0.25) is 0 Å². The van der Waals surface area contributed by atoms with Gasteiger partial charge in [-0.2, -0.15) is 0 Å². The van der Waals surface area contributed by atoms with Crippen LogP contribution < -0.4 is 9.64 Å². The molecular weight excluding hydrogens is 517 g/mol. The van der Waals surface area contributed by atoms with Gasteiger partial charge in [0, 0.05) is 18.0 Å². The summed E-state index contributed by atoms with van der Waals surface area (Å²) in [6, 6.07) is 10.0. The van der Waals surface area contributed by atoms with Gasteiger partial charge in [0.15, 0.2) is 5.13 Å². The summed E-state index contributed by atoms with van der Waals surface area (Å²) in [5.74, 6) is -2.02. The van der Waals surface area contributed by atoms with E-state index < -0.39 is 23.5 Å². The summed E-state index contributed by atoms with van der Waals surface area (Å²) >= 11 is 6.96. The minimum atomic E-state index is -0.999. The number of anilines is 1. The first kappa shape index (κ1) is 24.9. The van der Waals surface area contributed by atoms with Gasteiger partial charge in [-0.25, -0.2) is 9.37 Å². The van der Waals surface area contributed by atoms with Crippen molar-refractivity contribution in [2.45, 2.75) is 32.9 Å². The monoisotopic (exact) mass is 537 g/mol. The predicted molar refractivity (Wildman–Crippen MR) is 141 cm³/mol. The summed E-state index contributed by atoms with van der Waals surface area (Å²) in [7, 11) is 0. The Balaban J connectivity index is 1.67. The van der Waals surface area contributed by atoms with E-state index in [2.05, 4.69) is 9.97 Å². The van der Waals surface area contributed by atoms with Crippen molar-refractivity contribution in [2.75, 3.05) is 4.90 Å². The van der Waals surface area contributed by atoms with Gasteiger partial charge in [0.1, 0.15) is 17.3 Å². The molecule has 188 valence electrons. The average Bonchev–Trinajstić information content (AvgIpc) is 3.38. The van der Waals surface area contributed by atoms with Crippen LogP contribution in [-0.2, 0) is 9.59 Å². The van der Waals surface area contributed by atoms with Gasteiger partial charge in [-0.1, -0.05) is 29.0 Å². The Labute approximate surface area is 220 Å². The second kappa shape index (κ2) is 9.57. The van der Waals surface area contributed by atoms with Gasteiger partial charge in [0.05, 0.1) is 33.0 Å². The molecule has 37 heavy (non-hydrogen) atoms. The van der Waals surface area contributed by atoms with Crippen LogP contribution in [0.3, 0.4) is 0 Å². The molecule has 10 heteroatoms. The van der Waals surface area contributed by atoms with E-state index in [-0.39, 0.29) is 27.6 Å². The lowest BCUT2D eigenvalue weighted by Gasteiger charge is -2.22. The topological polar surface area (TPSA) is 92.6 Å². The molecule has 1 unspecified atom stereocenters. The van der Waals surface area contributed by atoms with Crippen LogP contribution in [0.2, 0.25) is 5.02 Å². The molecule has 0 aliphatic carbocycles. The van der Waals surface area contributed by atoms with Crippen molar-refractivity contribution >= 4 is 55.7 Å². The smallest absolute Gasteiger partial charge is 0.301 e. The molecule has 0 saturated carbocycles. The van der Waals surface area contributed by atoms with Crippen molar-refractivity contribution in [3.8, 4) is 5.75 Å². The number of aliphatic hydroxyl groups is 1. The standard InChI is InChI=1S/C27H21ClFN3O4S/c1-13(2)36-20-7-6-15(9-14(20)3)24(33)22-23(16-5-4-8-30-12-16)32(26(35)25(22)34)27-31-19-10-17(28)18(29)11-21(19)37-27/h4-13,23,33H,1-3H3/b24-22+. The number of Topliss-reactive ketones (excluding diaryl/α,β-unsaturated/α-hetero) is 1. The molecule has 1 N–H and O–H groups in total. The van der Waals surface area contributed by atoms with Crippen LogP contribution in [-0.4, -0.2) is 32.9 Å². The Kier molecular flexibility index (Phi) is 6.43. The fraction of sp³-hybridized carbons (Fsp3) is 0.185. The molecule has 1 atom stereocenters. The zero-order valence-corrected chi connectivity index (χ0v) is 21.6. The van der Waals surface area contributed by atoms with Gasteiger partial charge < -0.3 is 9.84 Å². The van der Waals surface area contributed by atoms with Gasteiger partial charge in [-0.05, 0) is 68.3 Å². The number of ether oxygens (including phenoxy) is 1. The number of aryl methyl sites for hydroxylation is 1. The number of hydrogen-bond donors (Lipinski definition) is 1. The minimum Gasteiger partial charge on any atom is -0.507 e. The molecule has 1 aliphatic heterocycles. The number of aliphatic hydroxyl groups excluding tert-OH is 1. The van der Waals surface area contributed by atoms with E-state index in [4.69, 9.17) is 16.3 Å². The molecule has 1 fully saturated rings. The zero-order chi connectivity index (χ0) is 26.4. The van der Waals surface area contributed by atoms with Crippen molar-refractivity contribution in [2.24, 2.45) is 0 Å². The van der Waals surface area contributed by atoms with Crippen LogP contribution in [0, 0.1) is 12.7 Å². The third-order valence-corrected chi connectivity index (χ3v) is 7.19. The first-order valence-electron chi connectivity index (χ1n) is 11.4. The zero-order valence-electron chi connectivity index (χ0n) is 20.0. The molecule has 0 bridgehead atoms. The number of nitrogens with zero attached hydrogens (tertiary/aromatic N) is 3. The SMILES string of the molecule is Cc1cc(/C(O)=C2\C(=O)C(=O)N(c3nc4cc(Cl)c(F)cc4s3)C2c2cccnc2)ccc1OC(C)C.